The fraction of sp³-hybridized carbons (Fsp3) is 1.00. The van der Waals surface area contributed by atoms with Gasteiger partial charge < -0.3 is 4.74 Å². The number of alkyl halides is 1. The molecule has 58 valence electrons. The number of halogens is 1. The zero-order chi connectivity index (χ0) is 7.03. The minimum Gasteiger partial charge on any atom is -0.375 e. The van der Waals surface area contributed by atoms with Crippen LogP contribution in [0.2, 0.25) is 0 Å². The van der Waals surface area contributed by atoms with Crippen LogP contribution in [0, 0.1) is 0 Å². The molecule has 1 saturated carbocycles. The van der Waals surface area contributed by atoms with Gasteiger partial charge in [-0.3, -0.25) is 0 Å². The van der Waals surface area contributed by atoms with E-state index >= 15 is 0 Å². The van der Waals surface area contributed by atoms with Crippen molar-refractivity contribution >= 4 is 15.9 Å². The minimum absolute atomic E-state index is 0.326. The molecule has 2 rings (SSSR count). The van der Waals surface area contributed by atoms with Gasteiger partial charge in [-0.2, -0.15) is 0 Å². The van der Waals surface area contributed by atoms with Crippen LogP contribution < -0.4 is 0 Å². The molecule has 1 nitrogen and oxygen atoms in total. The molecule has 2 heteroatoms. The predicted octanol–water partition coefficient (Wildman–Crippen LogP) is 2.48. The maximum Gasteiger partial charge on any atom is 0.0703 e. The van der Waals surface area contributed by atoms with Gasteiger partial charge in [0.15, 0.2) is 0 Å². The molecule has 1 saturated heterocycles. The Hall–Kier alpha value is 0.440. The summed E-state index contributed by atoms with van der Waals surface area (Å²) in [7, 11) is 0. The van der Waals surface area contributed by atoms with E-state index in [0.29, 0.717) is 5.60 Å². The van der Waals surface area contributed by atoms with Crippen LogP contribution in [0.15, 0.2) is 0 Å². The minimum atomic E-state index is 0.326. The monoisotopic (exact) mass is 204 g/mol. The van der Waals surface area contributed by atoms with Crippen molar-refractivity contribution in [2.75, 3.05) is 6.61 Å². The van der Waals surface area contributed by atoms with Crippen LogP contribution in [0.5, 0.6) is 0 Å². The number of rotatable bonds is 0. The third kappa shape index (κ3) is 1.12. The van der Waals surface area contributed by atoms with E-state index in [4.69, 9.17) is 4.74 Å². The molecule has 1 aliphatic heterocycles. The zero-order valence-corrected chi connectivity index (χ0v) is 7.69. The van der Waals surface area contributed by atoms with Crippen LogP contribution in [0.4, 0.5) is 0 Å². The molecule has 0 aromatic rings. The molecule has 1 spiro atoms. The first-order chi connectivity index (χ1) is 4.81. The lowest BCUT2D eigenvalue weighted by Gasteiger charge is -2.47. The topological polar surface area (TPSA) is 9.23 Å². The summed E-state index contributed by atoms with van der Waals surface area (Å²) in [4.78, 5) is 0.741. The van der Waals surface area contributed by atoms with Gasteiger partial charge in [-0.1, -0.05) is 15.9 Å². The Morgan fingerprint density at radius 3 is 2.60 bits per heavy atom. The molecule has 10 heavy (non-hydrogen) atoms. The molecule has 1 aliphatic carbocycles. The van der Waals surface area contributed by atoms with Gasteiger partial charge in [-0.05, 0) is 32.1 Å². The van der Waals surface area contributed by atoms with Crippen molar-refractivity contribution in [2.45, 2.75) is 42.5 Å². The smallest absolute Gasteiger partial charge is 0.0703 e. The van der Waals surface area contributed by atoms with Gasteiger partial charge in [0.05, 0.1) is 5.60 Å². The molecule has 0 N–H and O–H groups in total. The second kappa shape index (κ2) is 2.49. The second-order valence-electron chi connectivity index (χ2n) is 3.49. The SMILES string of the molecule is BrC1CC2(CCCCO2)C1. The van der Waals surface area contributed by atoms with Crippen LogP contribution in [-0.4, -0.2) is 17.0 Å². The van der Waals surface area contributed by atoms with Gasteiger partial charge in [-0.25, -0.2) is 0 Å². The summed E-state index contributed by atoms with van der Waals surface area (Å²) >= 11 is 3.59. The zero-order valence-electron chi connectivity index (χ0n) is 6.11. The Bertz CT molecular complexity index is 114. The Morgan fingerprint density at radius 1 is 1.30 bits per heavy atom. The molecule has 2 fully saturated rings. The highest BCUT2D eigenvalue weighted by molar-refractivity contribution is 9.09. The molecule has 0 amide bonds. The summed E-state index contributed by atoms with van der Waals surface area (Å²) in [6.45, 7) is 1.000. The van der Waals surface area contributed by atoms with E-state index in [-0.39, 0.29) is 0 Å². The number of ether oxygens (including phenoxy) is 1. The van der Waals surface area contributed by atoms with Gasteiger partial charge in [0.1, 0.15) is 0 Å². The van der Waals surface area contributed by atoms with Crippen LogP contribution in [0.1, 0.15) is 32.1 Å². The summed E-state index contributed by atoms with van der Waals surface area (Å²) in [5, 5.41) is 0. The first-order valence-electron chi connectivity index (χ1n) is 4.09. The van der Waals surface area contributed by atoms with E-state index in [1.54, 1.807) is 0 Å². The standard InChI is InChI=1S/C8H13BrO/c9-7-5-8(6-7)3-1-2-4-10-8/h7H,1-6H2. The molecule has 0 radical (unpaired) electrons. The van der Waals surface area contributed by atoms with E-state index in [2.05, 4.69) is 15.9 Å². The predicted molar refractivity (Wildman–Crippen MR) is 44.5 cm³/mol. The molecular weight excluding hydrogens is 192 g/mol. The lowest BCUT2D eigenvalue weighted by Crippen LogP contribution is -2.48. The van der Waals surface area contributed by atoms with Crippen molar-refractivity contribution in [3.63, 3.8) is 0 Å². The summed E-state index contributed by atoms with van der Waals surface area (Å²) in [6.07, 6.45) is 6.43. The highest BCUT2D eigenvalue weighted by Gasteiger charge is 2.44. The van der Waals surface area contributed by atoms with Gasteiger partial charge in [-0.15, -0.1) is 0 Å². The first kappa shape index (κ1) is 7.11. The van der Waals surface area contributed by atoms with E-state index in [1.807, 2.05) is 0 Å². The number of hydrogen-bond donors (Lipinski definition) is 0. The molecule has 0 atom stereocenters. The molecule has 2 aliphatic rings. The highest BCUT2D eigenvalue weighted by atomic mass is 79.9. The molecule has 0 aromatic heterocycles. The van der Waals surface area contributed by atoms with Crippen molar-refractivity contribution < 1.29 is 4.74 Å². The van der Waals surface area contributed by atoms with E-state index in [0.717, 1.165) is 11.4 Å². The molecule has 0 bridgehead atoms. The van der Waals surface area contributed by atoms with E-state index in [1.165, 1.54) is 32.1 Å². The Kier molecular flexibility index (Phi) is 1.77. The quantitative estimate of drug-likeness (QED) is 0.552. The van der Waals surface area contributed by atoms with Crippen molar-refractivity contribution in [3.8, 4) is 0 Å². The first-order valence-corrected chi connectivity index (χ1v) is 5.00. The van der Waals surface area contributed by atoms with Crippen LogP contribution in [0.3, 0.4) is 0 Å². The van der Waals surface area contributed by atoms with Crippen molar-refractivity contribution in [3.05, 3.63) is 0 Å². The fourth-order valence-corrected chi connectivity index (χ4v) is 3.16. The van der Waals surface area contributed by atoms with Crippen molar-refractivity contribution in [1.29, 1.82) is 0 Å². The summed E-state index contributed by atoms with van der Waals surface area (Å²) in [5.41, 5.74) is 0.326. The largest absolute Gasteiger partial charge is 0.375 e. The number of hydrogen-bond acceptors (Lipinski definition) is 1. The summed E-state index contributed by atoms with van der Waals surface area (Å²) < 4.78 is 5.74. The lowest BCUT2D eigenvalue weighted by atomic mass is 9.75. The van der Waals surface area contributed by atoms with Gasteiger partial charge in [0, 0.05) is 11.4 Å². The molecule has 0 unspecified atom stereocenters. The van der Waals surface area contributed by atoms with E-state index < -0.39 is 0 Å². The third-order valence-corrected chi connectivity index (χ3v) is 3.27. The van der Waals surface area contributed by atoms with Crippen LogP contribution in [0.25, 0.3) is 0 Å². The maximum atomic E-state index is 5.74. The molecule has 1 heterocycles. The van der Waals surface area contributed by atoms with E-state index in [9.17, 15) is 0 Å². The van der Waals surface area contributed by atoms with Crippen molar-refractivity contribution in [2.24, 2.45) is 0 Å². The third-order valence-electron chi connectivity index (χ3n) is 2.62. The molecule has 0 aromatic carbocycles. The summed E-state index contributed by atoms with van der Waals surface area (Å²) in [5.74, 6) is 0. The second-order valence-corrected chi connectivity index (χ2v) is 4.79. The van der Waals surface area contributed by atoms with Crippen LogP contribution in [-0.2, 0) is 4.74 Å². The lowest BCUT2D eigenvalue weighted by molar-refractivity contribution is -0.122. The van der Waals surface area contributed by atoms with Gasteiger partial charge >= 0.3 is 0 Å². The average Bonchev–Trinajstić information content (AvgIpc) is 1.87. The van der Waals surface area contributed by atoms with Crippen LogP contribution >= 0.6 is 15.9 Å². The Morgan fingerprint density at radius 2 is 2.10 bits per heavy atom. The normalized spacial score (nSPS) is 47.1. The summed E-state index contributed by atoms with van der Waals surface area (Å²) in [6, 6.07) is 0. The van der Waals surface area contributed by atoms with Gasteiger partial charge in [0.25, 0.3) is 0 Å². The Labute approximate surface area is 70.3 Å². The Balaban J connectivity index is 1.90. The van der Waals surface area contributed by atoms with Gasteiger partial charge in [0.2, 0.25) is 0 Å². The molecular formula is C8H13BrO. The van der Waals surface area contributed by atoms with Crippen molar-refractivity contribution in [1.82, 2.24) is 0 Å². The highest BCUT2D eigenvalue weighted by Crippen LogP contribution is 2.45. The average molecular weight is 205 g/mol. The maximum absolute atomic E-state index is 5.74. The fourth-order valence-electron chi connectivity index (χ4n) is 1.98.